The number of carbonyl (C=O) groups is 3. The number of benzene rings is 1. The Bertz CT molecular complexity index is 1390. The third-order valence-electron chi connectivity index (χ3n) is 5.60. The summed E-state index contributed by atoms with van der Waals surface area (Å²) in [6.07, 6.45) is 1.50. The maximum Gasteiger partial charge on any atom is 0.341 e. The number of carboxylic acid groups (broad SMARTS) is 1. The van der Waals surface area contributed by atoms with Gasteiger partial charge in [-0.05, 0) is 82.2 Å². The molecule has 35 heavy (non-hydrogen) atoms. The number of aromatic nitrogens is 1. The molecule has 1 aromatic carbocycles. The van der Waals surface area contributed by atoms with Crippen molar-refractivity contribution in [3.05, 3.63) is 74.4 Å². The van der Waals surface area contributed by atoms with E-state index in [-0.39, 0.29) is 17.7 Å². The lowest BCUT2D eigenvalue weighted by molar-refractivity contribution is -0.112. The van der Waals surface area contributed by atoms with Crippen molar-refractivity contribution in [3.63, 3.8) is 0 Å². The van der Waals surface area contributed by atoms with E-state index < -0.39 is 17.8 Å². The molecule has 2 N–H and O–H groups in total. The average Bonchev–Trinajstić information content (AvgIpc) is 3.25. The summed E-state index contributed by atoms with van der Waals surface area (Å²) in [7, 11) is 0. The highest BCUT2D eigenvalue weighted by Crippen LogP contribution is 2.33. The van der Waals surface area contributed by atoms with E-state index in [1.807, 2.05) is 37.5 Å². The third-order valence-corrected chi connectivity index (χ3v) is 6.72. The first kappa shape index (κ1) is 25.5. The number of nitrogens with zero attached hydrogens (tertiary/aromatic N) is 2. The number of amides is 1. The Kier molecular flexibility index (Phi) is 7.57. The summed E-state index contributed by atoms with van der Waals surface area (Å²) in [4.78, 5) is 37.4. The van der Waals surface area contributed by atoms with E-state index in [1.54, 1.807) is 26.0 Å². The fourth-order valence-corrected chi connectivity index (χ4v) is 4.77. The monoisotopic (exact) mass is 491 g/mol. The van der Waals surface area contributed by atoms with Crippen LogP contribution in [0.3, 0.4) is 0 Å². The van der Waals surface area contributed by atoms with Gasteiger partial charge in [-0.15, -0.1) is 11.3 Å². The number of esters is 1. The quantitative estimate of drug-likeness (QED) is 0.266. The van der Waals surface area contributed by atoms with Gasteiger partial charge < -0.3 is 19.7 Å². The zero-order chi connectivity index (χ0) is 25.9. The van der Waals surface area contributed by atoms with Gasteiger partial charge in [-0.2, -0.15) is 5.26 Å². The molecule has 0 aliphatic heterocycles. The van der Waals surface area contributed by atoms with Crippen LogP contribution in [0.15, 0.2) is 35.9 Å². The highest BCUT2D eigenvalue weighted by Gasteiger charge is 2.23. The molecule has 0 radical (unpaired) electrons. The van der Waals surface area contributed by atoms with Crippen LogP contribution in [0.1, 0.15) is 55.0 Å². The number of thiophene rings is 1. The summed E-state index contributed by atoms with van der Waals surface area (Å²) in [6.45, 7) is 9.27. The van der Waals surface area contributed by atoms with Crippen LogP contribution in [-0.2, 0) is 9.53 Å². The first-order valence-corrected chi connectivity index (χ1v) is 11.6. The Morgan fingerprint density at radius 3 is 2.40 bits per heavy atom. The van der Waals surface area contributed by atoms with E-state index in [9.17, 15) is 19.6 Å². The molecular formula is C26H25N3O5S. The molecule has 2 aromatic heterocycles. The van der Waals surface area contributed by atoms with E-state index in [1.165, 1.54) is 29.5 Å². The van der Waals surface area contributed by atoms with Gasteiger partial charge in [0.2, 0.25) is 0 Å². The standard InChI is InChI=1S/C26H25N3O5S/c1-6-34-26(33)22-15(3)17(5)35-24(22)28-23(30)20(13-27)12-19-11-14(2)29(16(19)4)21-9-7-18(8-10-21)25(31)32/h7-12H,6H2,1-5H3,(H,28,30)(H,31,32)/b20-12+. The summed E-state index contributed by atoms with van der Waals surface area (Å²) in [6, 6.07) is 10.2. The lowest BCUT2D eigenvalue weighted by Gasteiger charge is -2.10. The van der Waals surface area contributed by atoms with Crippen LogP contribution < -0.4 is 5.32 Å². The number of carbonyl (C=O) groups excluding carboxylic acids is 2. The fraction of sp³-hybridized carbons (Fsp3) is 0.231. The second-order valence-corrected chi connectivity index (χ2v) is 9.07. The summed E-state index contributed by atoms with van der Waals surface area (Å²) in [5.41, 5.74) is 4.14. The van der Waals surface area contributed by atoms with Crippen LogP contribution in [0, 0.1) is 39.0 Å². The Morgan fingerprint density at radius 1 is 1.17 bits per heavy atom. The van der Waals surface area contributed by atoms with Gasteiger partial charge in [-0.1, -0.05) is 0 Å². The molecule has 3 rings (SSSR count). The van der Waals surface area contributed by atoms with Gasteiger partial charge in [0.25, 0.3) is 5.91 Å². The molecule has 3 aromatic rings. The topological polar surface area (TPSA) is 121 Å². The Morgan fingerprint density at radius 2 is 1.83 bits per heavy atom. The number of carboxylic acids is 1. The van der Waals surface area contributed by atoms with Crippen molar-refractivity contribution >= 4 is 40.3 Å². The molecule has 1 amide bonds. The number of anilines is 1. The first-order chi connectivity index (χ1) is 16.6. The van der Waals surface area contributed by atoms with Crippen LogP contribution in [0.25, 0.3) is 11.8 Å². The SMILES string of the molecule is CCOC(=O)c1c(NC(=O)/C(C#N)=C/c2cc(C)n(-c3ccc(C(=O)O)cc3)c2C)sc(C)c1C. The number of aryl methyl sites for hydroxylation is 2. The number of rotatable bonds is 7. The third kappa shape index (κ3) is 5.18. The van der Waals surface area contributed by atoms with Gasteiger partial charge in [-0.3, -0.25) is 4.79 Å². The van der Waals surface area contributed by atoms with Crippen molar-refractivity contribution in [2.45, 2.75) is 34.6 Å². The molecule has 0 saturated carbocycles. The van der Waals surface area contributed by atoms with Gasteiger partial charge in [0.15, 0.2) is 0 Å². The molecule has 0 saturated heterocycles. The molecule has 0 aliphatic rings. The van der Waals surface area contributed by atoms with Crippen molar-refractivity contribution in [2.75, 3.05) is 11.9 Å². The lowest BCUT2D eigenvalue weighted by atomic mass is 10.1. The average molecular weight is 492 g/mol. The maximum atomic E-state index is 13.0. The number of hydrogen-bond donors (Lipinski definition) is 2. The predicted molar refractivity (Wildman–Crippen MR) is 134 cm³/mol. The van der Waals surface area contributed by atoms with E-state index in [2.05, 4.69) is 5.32 Å². The summed E-state index contributed by atoms with van der Waals surface area (Å²) in [5.74, 6) is -2.16. The number of nitriles is 1. The molecule has 0 fully saturated rings. The van der Waals surface area contributed by atoms with Gasteiger partial charge in [0.1, 0.15) is 16.6 Å². The van der Waals surface area contributed by atoms with E-state index in [4.69, 9.17) is 9.84 Å². The van der Waals surface area contributed by atoms with E-state index >= 15 is 0 Å². The van der Waals surface area contributed by atoms with Gasteiger partial charge >= 0.3 is 11.9 Å². The Balaban J connectivity index is 1.94. The van der Waals surface area contributed by atoms with Crippen molar-refractivity contribution in [3.8, 4) is 11.8 Å². The zero-order valence-corrected chi connectivity index (χ0v) is 20.9. The minimum atomic E-state index is -1.01. The largest absolute Gasteiger partial charge is 0.478 e. The van der Waals surface area contributed by atoms with Crippen LogP contribution >= 0.6 is 11.3 Å². The van der Waals surface area contributed by atoms with Gasteiger partial charge in [0, 0.05) is 22.0 Å². The second-order valence-electron chi connectivity index (χ2n) is 7.85. The van der Waals surface area contributed by atoms with Crippen LogP contribution in [-0.4, -0.2) is 34.1 Å². The number of ether oxygens (including phenoxy) is 1. The van der Waals surface area contributed by atoms with Gasteiger partial charge in [-0.25, -0.2) is 9.59 Å². The molecule has 2 heterocycles. The summed E-state index contributed by atoms with van der Waals surface area (Å²) in [5, 5.41) is 21.9. The first-order valence-electron chi connectivity index (χ1n) is 10.8. The Labute approximate surface area is 207 Å². The van der Waals surface area contributed by atoms with Crippen LogP contribution in [0.5, 0.6) is 0 Å². The zero-order valence-electron chi connectivity index (χ0n) is 20.1. The van der Waals surface area contributed by atoms with Crippen molar-refractivity contribution in [1.29, 1.82) is 5.26 Å². The summed E-state index contributed by atoms with van der Waals surface area (Å²) >= 11 is 1.25. The second kappa shape index (κ2) is 10.4. The van der Waals surface area contributed by atoms with E-state index in [0.29, 0.717) is 16.1 Å². The molecular weight excluding hydrogens is 466 g/mol. The van der Waals surface area contributed by atoms with E-state index in [0.717, 1.165) is 27.5 Å². The van der Waals surface area contributed by atoms with Crippen molar-refractivity contribution in [1.82, 2.24) is 4.57 Å². The predicted octanol–water partition coefficient (Wildman–Crippen LogP) is 5.19. The van der Waals surface area contributed by atoms with Gasteiger partial charge in [0.05, 0.1) is 17.7 Å². The highest BCUT2D eigenvalue weighted by molar-refractivity contribution is 7.16. The molecule has 0 spiro atoms. The maximum absolute atomic E-state index is 13.0. The normalized spacial score (nSPS) is 11.1. The number of hydrogen-bond acceptors (Lipinski definition) is 6. The molecule has 9 heteroatoms. The smallest absolute Gasteiger partial charge is 0.341 e. The minimum absolute atomic E-state index is 0.120. The minimum Gasteiger partial charge on any atom is -0.478 e. The number of nitrogens with one attached hydrogen (secondary N) is 1. The number of aromatic carboxylic acids is 1. The van der Waals surface area contributed by atoms with Crippen LogP contribution in [0.2, 0.25) is 0 Å². The van der Waals surface area contributed by atoms with Crippen molar-refractivity contribution < 1.29 is 24.2 Å². The Hall–Kier alpha value is -4.16. The molecule has 0 unspecified atom stereocenters. The molecule has 0 bridgehead atoms. The summed E-state index contributed by atoms with van der Waals surface area (Å²) < 4.78 is 7.03. The molecule has 180 valence electrons. The lowest BCUT2D eigenvalue weighted by Crippen LogP contribution is -2.16. The van der Waals surface area contributed by atoms with Crippen molar-refractivity contribution in [2.24, 2.45) is 0 Å². The highest BCUT2D eigenvalue weighted by atomic mass is 32.1. The molecule has 0 atom stereocenters. The van der Waals surface area contributed by atoms with Crippen LogP contribution in [0.4, 0.5) is 5.00 Å². The fourth-order valence-electron chi connectivity index (χ4n) is 3.72. The molecule has 8 nitrogen and oxygen atoms in total. The molecule has 0 aliphatic carbocycles.